The second-order valence-corrected chi connectivity index (χ2v) is 6.72. The van der Waals surface area contributed by atoms with Gasteiger partial charge in [0.25, 0.3) is 0 Å². The van der Waals surface area contributed by atoms with Gasteiger partial charge in [-0.3, -0.25) is 0 Å². The molecule has 27 heavy (non-hydrogen) atoms. The molecule has 0 aliphatic heterocycles. The lowest BCUT2D eigenvalue weighted by Crippen LogP contribution is -2.04. The topological polar surface area (TPSA) is 30.5 Å². The van der Waals surface area contributed by atoms with Gasteiger partial charge in [0.05, 0.1) is 12.1 Å². The molecule has 140 valence electrons. The van der Waals surface area contributed by atoms with E-state index < -0.39 is 0 Å². The number of rotatable bonds is 7. The van der Waals surface area contributed by atoms with E-state index >= 15 is 0 Å². The van der Waals surface area contributed by atoms with E-state index in [0.29, 0.717) is 22.3 Å². The third-order valence-electron chi connectivity index (χ3n) is 3.95. The largest absolute Gasteiger partial charge is 0.497 e. The van der Waals surface area contributed by atoms with Gasteiger partial charge in [-0.25, -0.2) is 4.39 Å². The molecule has 0 aliphatic carbocycles. The monoisotopic (exact) mass is 405 g/mol. The van der Waals surface area contributed by atoms with Gasteiger partial charge in [-0.2, -0.15) is 0 Å². The Balaban J connectivity index is 1.73. The van der Waals surface area contributed by atoms with Crippen molar-refractivity contribution in [3.8, 4) is 11.5 Å². The van der Waals surface area contributed by atoms with Crippen LogP contribution in [0.2, 0.25) is 10.0 Å². The van der Waals surface area contributed by atoms with Crippen LogP contribution in [0.3, 0.4) is 0 Å². The van der Waals surface area contributed by atoms with E-state index in [9.17, 15) is 4.39 Å². The van der Waals surface area contributed by atoms with E-state index in [-0.39, 0.29) is 12.4 Å². The van der Waals surface area contributed by atoms with Crippen LogP contribution in [0.1, 0.15) is 11.1 Å². The third-order valence-corrected chi connectivity index (χ3v) is 4.45. The fraction of sp³-hybridized carbons (Fsp3) is 0.143. The minimum atomic E-state index is -0.285. The van der Waals surface area contributed by atoms with Crippen molar-refractivity contribution in [3.05, 3.63) is 87.7 Å². The average molecular weight is 406 g/mol. The van der Waals surface area contributed by atoms with Crippen molar-refractivity contribution in [1.29, 1.82) is 0 Å². The molecular formula is C21H18Cl2FNO2. The van der Waals surface area contributed by atoms with Gasteiger partial charge in [-0.1, -0.05) is 35.3 Å². The van der Waals surface area contributed by atoms with Crippen LogP contribution in [0.15, 0.2) is 60.7 Å². The number of ether oxygens (including phenoxy) is 2. The molecule has 0 aromatic heterocycles. The van der Waals surface area contributed by atoms with E-state index in [4.69, 9.17) is 32.7 Å². The number of hydrogen-bond acceptors (Lipinski definition) is 3. The summed E-state index contributed by atoms with van der Waals surface area (Å²) in [7, 11) is 1.63. The van der Waals surface area contributed by atoms with Crippen molar-refractivity contribution in [2.24, 2.45) is 0 Å². The highest BCUT2D eigenvalue weighted by Gasteiger charge is 2.11. The van der Waals surface area contributed by atoms with Crippen molar-refractivity contribution < 1.29 is 13.9 Å². The van der Waals surface area contributed by atoms with Crippen LogP contribution in [0.25, 0.3) is 0 Å². The molecule has 0 saturated carbocycles. The molecule has 6 heteroatoms. The van der Waals surface area contributed by atoms with Crippen molar-refractivity contribution in [2.75, 3.05) is 12.4 Å². The maximum absolute atomic E-state index is 13.0. The van der Waals surface area contributed by atoms with Gasteiger partial charge < -0.3 is 14.8 Å². The number of halogens is 3. The number of methoxy groups -OCH3 is 1. The molecule has 1 N–H and O–H groups in total. The summed E-state index contributed by atoms with van der Waals surface area (Å²) in [6.07, 6.45) is 0. The van der Waals surface area contributed by atoms with Crippen molar-refractivity contribution in [1.82, 2.24) is 0 Å². The van der Waals surface area contributed by atoms with Crippen LogP contribution in [-0.4, -0.2) is 7.11 Å². The Morgan fingerprint density at radius 2 is 1.67 bits per heavy atom. The summed E-state index contributed by atoms with van der Waals surface area (Å²) in [5.41, 5.74) is 2.60. The highest BCUT2D eigenvalue weighted by molar-refractivity contribution is 6.35. The Morgan fingerprint density at radius 1 is 0.963 bits per heavy atom. The standard InChI is InChI=1S/C21H18Cl2FNO2/c1-26-19-8-6-18(7-9-19)25-12-15-10-16(22)11-20(23)21(15)27-13-14-2-4-17(24)5-3-14/h2-11,25H,12-13H2,1H3. The van der Waals surface area contributed by atoms with Crippen LogP contribution >= 0.6 is 23.2 Å². The molecule has 0 spiro atoms. The molecule has 3 aromatic rings. The second kappa shape index (κ2) is 8.98. The molecule has 0 saturated heterocycles. The first kappa shape index (κ1) is 19.3. The number of hydrogen-bond donors (Lipinski definition) is 1. The molecule has 0 fully saturated rings. The number of nitrogens with one attached hydrogen (secondary N) is 1. The first-order valence-electron chi connectivity index (χ1n) is 8.28. The highest BCUT2D eigenvalue weighted by atomic mass is 35.5. The SMILES string of the molecule is COc1ccc(NCc2cc(Cl)cc(Cl)c2OCc2ccc(F)cc2)cc1. The molecule has 3 rings (SSSR count). The lowest BCUT2D eigenvalue weighted by atomic mass is 10.2. The van der Waals surface area contributed by atoms with Crippen molar-refractivity contribution >= 4 is 28.9 Å². The van der Waals surface area contributed by atoms with E-state index in [1.165, 1.54) is 12.1 Å². The molecule has 0 atom stereocenters. The number of anilines is 1. The van der Waals surface area contributed by atoms with Crippen molar-refractivity contribution in [2.45, 2.75) is 13.2 Å². The van der Waals surface area contributed by atoms with Crippen LogP contribution in [0, 0.1) is 5.82 Å². The Kier molecular flexibility index (Phi) is 6.43. The summed E-state index contributed by atoms with van der Waals surface area (Å²) in [6, 6.07) is 17.2. The maximum Gasteiger partial charge on any atom is 0.143 e. The predicted molar refractivity (Wildman–Crippen MR) is 108 cm³/mol. The van der Waals surface area contributed by atoms with Crippen LogP contribution < -0.4 is 14.8 Å². The summed E-state index contributed by atoms with van der Waals surface area (Å²) in [5.74, 6) is 1.05. The molecule has 0 amide bonds. The quantitative estimate of drug-likeness (QED) is 0.497. The minimum Gasteiger partial charge on any atom is -0.497 e. The van der Waals surface area contributed by atoms with Gasteiger partial charge in [0.1, 0.15) is 23.9 Å². The normalized spacial score (nSPS) is 10.5. The molecule has 3 aromatic carbocycles. The smallest absolute Gasteiger partial charge is 0.143 e. The Hall–Kier alpha value is -2.43. The molecule has 0 bridgehead atoms. The molecule has 0 unspecified atom stereocenters. The van der Waals surface area contributed by atoms with Gasteiger partial charge in [-0.15, -0.1) is 0 Å². The maximum atomic E-state index is 13.0. The summed E-state index contributed by atoms with van der Waals surface area (Å²) in [6.45, 7) is 0.753. The van der Waals surface area contributed by atoms with Crippen LogP contribution in [0.5, 0.6) is 11.5 Å². The molecular weight excluding hydrogens is 388 g/mol. The van der Waals surface area contributed by atoms with E-state index in [0.717, 1.165) is 22.6 Å². The highest BCUT2D eigenvalue weighted by Crippen LogP contribution is 2.33. The van der Waals surface area contributed by atoms with Gasteiger partial charge in [0.15, 0.2) is 0 Å². The molecule has 0 aliphatic rings. The van der Waals surface area contributed by atoms with E-state index in [1.54, 1.807) is 25.3 Å². The minimum absolute atomic E-state index is 0.275. The zero-order valence-electron chi connectivity index (χ0n) is 14.6. The van der Waals surface area contributed by atoms with Gasteiger partial charge in [0.2, 0.25) is 0 Å². The lowest BCUT2D eigenvalue weighted by Gasteiger charge is -2.15. The Labute approximate surface area is 167 Å². The van der Waals surface area contributed by atoms with Crippen LogP contribution in [-0.2, 0) is 13.2 Å². The average Bonchev–Trinajstić information content (AvgIpc) is 2.67. The predicted octanol–water partition coefficient (Wildman–Crippen LogP) is 6.33. The summed E-state index contributed by atoms with van der Waals surface area (Å²) in [4.78, 5) is 0. The zero-order chi connectivity index (χ0) is 19.2. The summed E-state index contributed by atoms with van der Waals surface area (Å²) >= 11 is 12.5. The van der Waals surface area contributed by atoms with E-state index in [2.05, 4.69) is 5.32 Å². The third kappa shape index (κ3) is 5.28. The molecule has 0 radical (unpaired) electrons. The first-order valence-corrected chi connectivity index (χ1v) is 9.04. The van der Waals surface area contributed by atoms with Gasteiger partial charge in [0, 0.05) is 22.8 Å². The lowest BCUT2D eigenvalue weighted by molar-refractivity contribution is 0.303. The van der Waals surface area contributed by atoms with Crippen LogP contribution in [0.4, 0.5) is 10.1 Å². The second-order valence-electron chi connectivity index (χ2n) is 5.87. The molecule has 3 nitrogen and oxygen atoms in total. The number of benzene rings is 3. The van der Waals surface area contributed by atoms with Crippen molar-refractivity contribution in [3.63, 3.8) is 0 Å². The summed E-state index contributed by atoms with van der Waals surface area (Å²) < 4.78 is 24.1. The van der Waals surface area contributed by atoms with Gasteiger partial charge >= 0.3 is 0 Å². The summed E-state index contributed by atoms with van der Waals surface area (Å²) in [5, 5.41) is 4.27. The Morgan fingerprint density at radius 3 is 2.33 bits per heavy atom. The fourth-order valence-electron chi connectivity index (χ4n) is 2.55. The molecule has 0 heterocycles. The Bertz CT molecular complexity index is 899. The zero-order valence-corrected chi connectivity index (χ0v) is 16.1. The van der Waals surface area contributed by atoms with E-state index in [1.807, 2.05) is 30.3 Å². The fourth-order valence-corrected chi connectivity index (χ4v) is 3.14. The first-order chi connectivity index (χ1) is 13.0. The van der Waals surface area contributed by atoms with Gasteiger partial charge in [-0.05, 0) is 54.1 Å².